The van der Waals surface area contributed by atoms with E-state index >= 15 is 0 Å². The van der Waals surface area contributed by atoms with E-state index in [0.29, 0.717) is 5.02 Å². The lowest BCUT2D eigenvalue weighted by atomic mass is 9.74. The zero-order chi connectivity index (χ0) is 27.5. The van der Waals surface area contributed by atoms with E-state index in [1.165, 1.54) is 27.0 Å². The van der Waals surface area contributed by atoms with Crippen molar-refractivity contribution in [2.24, 2.45) is 0 Å². The number of nitrogens with one attached hydrogen (secondary N) is 1. The number of methoxy groups -OCH3 is 1. The lowest BCUT2D eigenvalue weighted by Crippen LogP contribution is -2.34. The first-order valence-corrected chi connectivity index (χ1v) is 12.2. The van der Waals surface area contributed by atoms with Gasteiger partial charge in [0, 0.05) is 23.7 Å². The van der Waals surface area contributed by atoms with Crippen LogP contribution >= 0.6 is 11.6 Å². The molecule has 0 radical (unpaired) electrons. The average Bonchev–Trinajstić information content (AvgIpc) is 3.16. The van der Waals surface area contributed by atoms with Crippen LogP contribution in [0.2, 0.25) is 5.02 Å². The van der Waals surface area contributed by atoms with Gasteiger partial charge in [-0.2, -0.15) is 0 Å². The molecule has 2 aliphatic rings. The van der Waals surface area contributed by atoms with Gasteiger partial charge < -0.3 is 25.0 Å². The number of carbonyl (C=O) groups is 3. The molecular formula is C29H24ClNO7. The zero-order valence-electron chi connectivity index (χ0n) is 21.1. The molecule has 8 nitrogen and oxygen atoms in total. The van der Waals surface area contributed by atoms with Crippen molar-refractivity contribution in [3.63, 3.8) is 0 Å². The van der Waals surface area contributed by atoms with Crippen LogP contribution in [0.5, 0.6) is 17.2 Å². The minimum Gasteiger partial charge on any atom is -0.508 e. The molecule has 5 rings (SSSR count). The van der Waals surface area contributed by atoms with Gasteiger partial charge >= 0.3 is 0 Å². The van der Waals surface area contributed by atoms with Crippen LogP contribution in [0.4, 0.5) is 0 Å². The Balaban J connectivity index is 1.66. The number of aromatic hydroxyl groups is 1. The standard InChI is InChI=1S/C29H24ClNO7/c1-13-5-6-15-7-8-16(30)9-18(15)19(13)12-31-28(36)23-26(37-4)22(14(2)32)25(35)24-27(23)38-21-11-17(33)10-20(34)29(21,24)3/h5-11,33,35H,12H2,1-4H3,(H,31,36). The number of phenolic OH excluding ortho intramolecular Hbond substituents is 1. The van der Waals surface area contributed by atoms with Crippen LogP contribution in [0, 0.1) is 6.92 Å². The quantitative estimate of drug-likeness (QED) is 0.385. The molecule has 0 spiro atoms. The molecule has 3 aromatic rings. The van der Waals surface area contributed by atoms with Gasteiger partial charge in [-0.25, -0.2) is 0 Å². The number of fused-ring (bicyclic) bond motifs is 4. The average molecular weight is 534 g/mol. The Bertz CT molecular complexity index is 1650. The molecule has 1 atom stereocenters. The Morgan fingerprint density at radius 3 is 2.53 bits per heavy atom. The number of ketones is 2. The normalized spacial score (nSPS) is 17.8. The molecule has 3 N–H and O–H groups in total. The summed E-state index contributed by atoms with van der Waals surface area (Å²) in [7, 11) is 1.27. The molecule has 1 heterocycles. The summed E-state index contributed by atoms with van der Waals surface area (Å²) in [5.74, 6) is -2.93. The van der Waals surface area contributed by atoms with Crippen molar-refractivity contribution >= 4 is 39.8 Å². The summed E-state index contributed by atoms with van der Waals surface area (Å²) in [6.07, 6.45) is 2.25. The van der Waals surface area contributed by atoms with E-state index in [2.05, 4.69) is 5.32 Å². The summed E-state index contributed by atoms with van der Waals surface area (Å²) >= 11 is 6.23. The van der Waals surface area contributed by atoms with E-state index in [1.54, 1.807) is 6.07 Å². The highest BCUT2D eigenvalue weighted by molar-refractivity contribution is 6.31. The molecule has 1 amide bonds. The number of halogens is 1. The molecule has 0 saturated carbocycles. The maximum atomic E-state index is 13.8. The van der Waals surface area contributed by atoms with Crippen LogP contribution in [0.3, 0.4) is 0 Å². The molecule has 0 saturated heterocycles. The van der Waals surface area contributed by atoms with E-state index in [0.717, 1.165) is 28.0 Å². The predicted molar refractivity (Wildman–Crippen MR) is 141 cm³/mol. The van der Waals surface area contributed by atoms with Crippen LogP contribution in [-0.4, -0.2) is 34.8 Å². The Morgan fingerprint density at radius 1 is 1.13 bits per heavy atom. The second kappa shape index (κ2) is 8.92. The summed E-state index contributed by atoms with van der Waals surface area (Å²) < 4.78 is 11.4. The zero-order valence-corrected chi connectivity index (χ0v) is 21.8. The third-order valence-electron chi connectivity index (χ3n) is 7.18. The SMILES string of the molecule is COc1c(C(C)=O)c(O)c2c(c1C(=O)NCc1c(C)ccc3ccc(Cl)cc13)OC1=CC(O)=CC(=O)C12C. The maximum absolute atomic E-state index is 13.8. The molecule has 1 aliphatic carbocycles. The number of carbonyl (C=O) groups excluding carboxylic acids is 3. The van der Waals surface area contributed by atoms with Crippen LogP contribution in [0.25, 0.3) is 10.8 Å². The topological polar surface area (TPSA) is 122 Å². The number of phenols is 1. The monoisotopic (exact) mass is 533 g/mol. The van der Waals surface area contributed by atoms with Crippen LogP contribution < -0.4 is 14.8 Å². The van der Waals surface area contributed by atoms with Crippen molar-refractivity contribution in [2.45, 2.75) is 32.7 Å². The summed E-state index contributed by atoms with van der Waals surface area (Å²) in [6, 6.07) is 9.41. The number of allylic oxidation sites excluding steroid dienone is 3. The molecule has 1 aliphatic heterocycles. The molecule has 0 aromatic heterocycles. The van der Waals surface area contributed by atoms with Gasteiger partial charge in [-0.05, 0) is 54.8 Å². The van der Waals surface area contributed by atoms with E-state index < -0.39 is 28.6 Å². The number of aliphatic hydroxyl groups excluding tert-OH is 1. The first kappa shape index (κ1) is 25.4. The van der Waals surface area contributed by atoms with Gasteiger partial charge in [0.2, 0.25) is 0 Å². The number of rotatable bonds is 5. The first-order valence-electron chi connectivity index (χ1n) is 11.8. The molecular weight excluding hydrogens is 510 g/mol. The summed E-state index contributed by atoms with van der Waals surface area (Å²) in [5.41, 5.74) is -0.220. The third-order valence-corrected chi connectivity index (χ3v) is 7.41. The second-order valence-corrected chi connectivity index (χ2v) is 9.91. The van der Waals surface area contributed by atoms with Gasteiger partial charge in [-0.1, -0.05) is 29.8 Å². The van der Waals surface area contributed by atoms with Crippen molar-refractivity contribution in [3.8, 4) is 17.2 Å². The number of ether oxygens (including phenoxy) is 2. The second-order valence-electron chi connectivity index (χ2n) is 9.47. The minimum absolute atomic E-state index is 0.0177. The van der Waals surface area contributed by atoms with Crippen molar-refractivity contribution in [1.29, 1.82) is 0 Å². The highest BCUT2D eigenvalue weighted by Crippen LogP contribution is 2.57. The van der Waals surface area contributed by atoms with Crippen molar-refractivity contribution in [3.05, 3.63) is 86.8 Å². The molecule has 3 aromatic carbocycles. The lowest BCUT2D eigenvalue weighted by molar-refractivity contribution is -0.118. The number of aryl methyl sites for hydroxylation is 1. The van der Waals surface area contributed by atoms with E-state index in [4.69, 9.17) is 21.1 Å². The summed E-state index contributed by atoms with van der Waals surface area (Å²) in [5, 5.41) is 26.4. The highest BCUT2D eigenvalue weighted by atomic mass is 35.5. The molecule has 0 bridgehead atoms. The van der Waals surface area contributed by atoms with Gasteiger partial charge in [-0.3, -0.25) is 14.4 Å². The van der Waals surface area contributed by atoms with Gasteiger partial charge in [0.1, 0.15) is 39.6 Å². The number of Topliss-reactive ketones (excluding diaryl/α,β-unsaturated/α-hetero) is 1. The fourth-order valence-corrected chi connectivity index (χ4v) is 5.33. The number of hydrogen-bond acceptors (Lipinski definition) is 7. The van der Waals surface area contributed by atoms with Crippen LogP contribution in [-0.2, 0) is 16.8 Å². The number of benzene rings is 3. The number of amides is 1. The van der Waals surface area contributed by atoms with Crippen molar-refractivity contribution < 1.29 is 34.1 Å². The first-order chi connectivity index (χ1) is 18.0. The van der Waals surface area contributed by atoms with E-state index in [1.807, 2.05) is 31.2 Å². The van der Waals surface area contributed by atoms with Gasteiger partial charge in [0.25, 0.3) is 5.91 Å². The van der Waals surface area contributed by atoms with E-state index in [9.17, 15) is 24.6 Å². The third kappa shape index (κ3) is 3.63. The van der Waals surface area contributed by atoms with Crippen LogP contribution in [0.15, 0.2) is 54.0 Å². The van der Waals surface area contributed by atoms with Crippen LogP contribution in [0.1, 0.15) is 51.3 Å². The molecule has 38 heavy (non-hydrogen) atoms. The Morgan fingerprint density at radius 2 is 1.84 bits per heavy atom. The summed E-state index contributed by atoms with van der Waals surface area (Å²) in [4.78, 5) is 39.4. The van der Waals surface area contributed by atoms with E-state index in [-0.39, 0.29) is 46.3 Å². The largest absolute Gasteiger partial charge is 0.508 e. The van der Waals surface area contributed by atoms with Gasteiger partial charge in [0.15, 0.2) is 17.3 Å². The fraction of sp³-hybridized carbons (Fsp3) is 0.207. The maximum Gasteiger partial charge on any atom is 0.259 e. The van der Waals surface area contributed by atoms with Gasteiger partial charge in [0.05, 0.1) is 12.7 Å². The van der Waals surface area contributed by atoms with Crippen molar-refractivity contribution in [2.75, 3.05) is 7.11 Å². The molecule has 9 heteroatoms. The highest BCUT2D eigenvalue weighted by Gasteiger charge is 2.53. The predicted octanol–water partition coefficient (Wildman–Crippen LogP) is 5.21. The number of aliphatic hydroxyl groups is 1. The fourth-order valence-electron chi connectivity index (χ4n) is 5.16. The minimum atomic E-state index is -1.56. The number of hydrogen-bond donors (Lipinski definition) is 3. The lowest BCUT2D eigenvalue weighted by Gasteiger charge is -2.25. The van der Waals surface area contributed by atoms with Gasteiger partial charge in [-0.15, -0.1) is 0 Å². The molecule has 194 valence electrons. The molecule has 1 unspecified atom stereocenters. The summed E-state index contributed by atoms with van der Waals surface area (Å²) in [6.45, 7) is 4.74. The Kier molecular flexibility index (Phi) is 5.95. The van der Waals surface area contributed by atoms with Crippen molar-refractivity contribution in [1.82, 2.24) is 5.32 Å². The smallest absolute Gasteiger partial charge is 0.259 e. The molecule has 0 fully saturated rings. The Hall–Kier alpha value is -4.30. The Labute approximate surface area is 223 Å².